The van der Waals surface area contributed by atoms with Crippen LogP contribution in [-0.4, -0.2) is 24.6 Å². The number of nitrogens with zero attached hydrogens (tertiary/aromatic N) is 2. The van der Waals surface area contributed by atoms with E-state index in [-0.39, 0.29) is 5.75 Å². The third-order valence-electron chi connectivity index (χ3n) is 3.83. The summed E-state index contributed by atoms with van der Waals surface area (Å²) >= 11 is 13.7. The second kappa shape index (κ2) is 8.61. The lowest BCUT2D eigenvalue weighted by Gasteiger charge is -2.04. The molecule has 0 saturated carbocycles. The number of allylic oxidation sites excluding steroid dienone is 1. The highest BCUT2D eigenvalue weighted by atomic mass is 35.5. The van der Waals surface area contributed by atoms with E-state index in [9.17, 15) is 13.2 Å². The molecule has 5 nitrogen and oxygen atoms in total. The molecule has 0 N–H and O–H groups in total. The van der Waals surface area contributed by atoms with Gasteiger partial charge in [0.05, 0.1) is 26.0 Å². The van der Waals surface area contributed by atoms with Crippen LogP contribution in [-0.2, 0) is 26.9 Å². The Morgan fingerprint density at radius 2 is 1.82 bits per heavy atom. The van der Waals surface area contributed by atoms with Crippen LogP contribution in [0.5, 0.6) is 0 Å². The number of hydrogen-bond acceptors (Lipinski definition) is 4. The first-order valence-electron chi connectivity index (χ1n) is 8.21. The fourth-order valence-corrected chi connectivity index (χ4v) is 5.62. The van der Waals surface area contributed by atoms with Crippen molar-refractivity contribution in [3.8, 4) is 0 Å². The summed E-state index contributed by atoms with van der Waals surface area (Å²) in [6, 6.07) is 12.0. The molecular weight excluding hydrogens is 439 g/mol. The number of sulfone groups is 1. The van der Waals surface area contributed by atoms with Gasteiger partial charge in [0.1, 0.15) is 5.75 Å². The van der Waals surface area contributed by atoms with Gasteiger partial charge in [-0.3, -0.25) is 4.79 Å². The lowest BCUT2D eigenvalue weighted by molar-refractivity contribution is -0.115. The third kappa shape index (κ3) is 4.72. The van der Waals surface area contributed by atoms with Crippen molar-refractivity contribution in [2.45, 2.75) is 12.3 Å². The Kier molecular flexibility index (Phi) is 6.40. The Bertz CT molecular complexity index is 1210. The van der Waals surface area contributed by atoms with E-state index >= 15 is 0 Å². The lowest BCUT2D eigenvalue weighted by atomic mass is 10.2. The number of benzene rings is 2. The highest BCUT2D eigenvalue weighted by molar-refractivity contribution is 7.91. The van der Waals surface area contributed by atoms with Gasteiger partial charge >= 0.3 is 0 Å². The number of rotatable bonds is 6. The minimum atomic E-state index is -3.65. The van der Waals surface area contributed by atoms with Crippen LogP contribution in [0.2, 0.25) is 10.0 Å². The van der Waals surface area contributed by atoms with Crippen molar-refractivity contribution in [1.82, 2.24) is 4.57 Å². The van der Waals surface area contributed by atoms with Crippen LogP contribution in [0.25, 0.3) is 10.2 Å². The van der Waals surface area contributed by atoms with Gasteiger partial charge in [-0.2, -0.15) is 4.99 Å². The van der Waals surface area contributed by atoms with Crippen LogP contribution in [0.3, 0.4) is 0 Å². The van der Waals surface area contributed by atoms with Crippen LogP contribution in [0.1, 0.15) is 5.56 Å². The summed E-state index contributed by atoms with van der Waals surface area (Å²) in [6.45, 7) is 4.06. The first-order chi connectivity index (χ1) is 13.3. The first kappa shape index (κ1) is 20.8. The predicted molar refractivity (Wildman–Crippen MR) is 115 cm³/mol. The molecule has 0 bridgehead atoms. The number of thiazole rings is 1. The molecule has 0 aliphatic rings. The number of carbonyl (C=O) groups excluding carboxylic acids is 1. The van der Waals surface area contributed by atoms with Crippen LogP contribution >= 0.6 is 34.5 Å². The molecule has 1 heterocycles. The van der Waals surface area contributed by atoms with Gasteiger partial charge in [0.2, 0.25) is 0 Å². The topological polar surface area (TPSA) is 68.5 Å². The number of halogens is 2. The number of amides is 1. The Balaban J connectivity index is 1.96. The fourth-order valence-electron chi connectivity index (χ4n) is 2.70. The Morgan fingerprint density at radius 1 is 1.14 bits per heavy atom. The zero-order valence-electron chi connectivity index (χ0n) is 14.6. The molecule has 2 aromatic carbocycles. The van der Waals surface area contributed by atoms with E-state index in [0.29, 0.717) is 37.2 Å². The molecular formula is C19H16Cl2N2O3S2. The van der Waals surface area contributed by atoms with Crippen molar-refractivity contribution in [2.75, 3.05) is 5.75 Å². The van der Waals surface area contributed by atoms with Crippen LogP contribution in [0, 0.1) is 0 Å². The number of carbonyl (C=O) groups is 1. The van der Waals surface area contributed by atoms with Gasteiger partial charge in [0.15, 0.2) is 14.6 Å². The molecule has 0 unspecified atom stereocenters. The van der Waals surface area contributed by atoms with E-state index in [2.05, 4.69) is 11.6 Å². The molecule has 28 heavy (non-hydrogen) atoms. The zero-order chi connectivity index (χ0) is 20.3. The number of aromatic nitrogens is 1. The Labute approximate surface area is 176 Å². The quantitative estimate of drug-likeness (QED) is 0.523. The van der Waals surface area contributed by atoms with Crippen LogP contribution in [0.4, 0.5) is 0 Å². The summed E-state index contributed by atoms with van der Waals surface area (Å²) in [5.41, 5.74) is 1.26. The Hall–Kier alpha value is -1.93. The molecule has 0 atom stereocenters. The van der Waals surface area contributed by atoms with E-state index in [1.165, 1.54) is 11.3 Å². The summed E-state index contributed by atoms with van der Waals surface area (Å²) < 4.78 is 27.1. The van der Waals surface area contributed by atoms with Gasteiger partial charge in [-0.15, -0.1) is 6.58 Å². The van der Waals surface area contributed by atoms with Crippen molar-refractivity contribution in [1.29, 1.82) is 0 Å². The highest BCUT2D eigenvalue weighted by Crippen LogP contribution is 2.31. The molecule has 3 aromatic rings. The molecule has 0 aliphatic heterocycles. The molecule has 0 radical (unpaired) electrons. The summed E-state index contributed by atoms with van der Waals surface area (Å²) in [6.07, 6.45) is 1.64. The van der Waals surface area contributed by atoms with Crippen molar-refractivity contribution in [3.63, 3.8) is 0 Å². The molecule has 9 heteroatoms. The summed E-state index contributed by atoms with van der Waals surface area (Å²) in [5, 5.41) is 0.941. The smallest absolute Gasteiger partial charge is 0.263 e. The fraction of sp³-hybridized carbons (Fsp3) is 0.158. The average Bonchev–Trinajstić information content (AvgIpc) is 2.98. The minimum absolute atomic E-state index is 0.216. The highest BCUT2D eigenvalue weighted by Gasteiger charge is 2.18. The van der Waals surface area contributed by atoms with Crippen LogP contribution < -0.4 is 4.80 Å². The maximum atomic E-state index is 12.4. The van der Waals surface area contributed by atoms with Gasteiger partial charge < -0.3 is 4.57 Å². The predicted octanol–water partition coefficient (Wildman–Crippen LogP) is 4.24. The molecule has 146 valence electrons. The first-order valence-corrected chi connectivity index (χ1v) is 11.6. The molecule has 0 spiro atoms. The van der Waals surface area contributed by atoms with Crippen molar-refractivity contribution < 1.29 is 13.2 Å². The van der Waals surface area contributed by atoms with Crippen LogP contribution in [0.15, 0.2) is 60.1 Å². The minimum Gasteiger partial charge on any atom is -0.311 e. The lowest BCUT2D eigenvalue weighted by Crippen LogP contribution is -2.21. The second-order valence-electron chi connectivity index (χ2n) is 6.01. The van der Waals surface area contributed by atoms with E-state index in [1.54, 1.807) is 53.1 Å². The largest absolute Gasteiger partial charge is 0.311 e. The molecule has 0 fully saturated rings. The normalized spacial score (nSPS) is 12.4. The molecule has 0 saturated heterocycles. The van der Waals surface area contributed by atoms with E-state index in [1.807, 2.05) is 0 Å². The van der Waals surface area contributed by atoms with Gasteiger partial charge in [-0.1, -0.05) is 70.9 Å². The Morgan fingerprint density at radius 3 is 2.50 bits per heavy atom. The summed E-state index contributed by atoms with van der Waals surface area (Å²) in [7, 11) is -3.65. The van der Waals surface area contributed by atoms with E-state index in [4.69, 9.17) is 23.2 Å². The standard InChI is InChI=1S/C19H16Cl2N2O3S2/c1-2-10-23-17-14(20)8-9-15(21)18(17)27-19(23)22-16(24)12-28(25,26)11-13-6-4-3-5-7-13/h2-9H,1,10-12H2. The molecule has 1 amide bonds. The van der Waals surface area contributed by atoms with Crippen molar-refractivity contribution >= 4 is 60.5 Å². The summed E-state index contributed by atoms with van der Waals surface area (Å²) in [5.74, 6) is -1.63. The SMILES string of the molecule is C=CCn1c(=NC(=O)CS(=O)(=O)Cc2ccccc2)sc2c(Cl)ccc(Cl)c21. The van der Waals surface area contributed by atoms with E-state index in [0.717, 1.165) is 0 Å². The number of hydrogen-bond donors (Lipinski definition) is 0. The maximum Gasteiger partial charge on any atom is 0.263 e. The second-order valence-corrected chi connectivity index (χ2v) is 9.87. The average molecular weight is 455 g/mol. The molecule has 3 rings (SSSR count). The monoisotopic (exact) mass is 454 g/mol. The number of fused-ring (bicyclic) bond motifs is 1. The zero-order valence-corrected chi connectivity index (χ0v) is 17.8. The van der Waals surface area contributed by atoms with Gasteiger partial charge in [-0.25, -0.2) is 8.42 Å². The summed E-state index contributed by atoms with van der Waals surface area (Å²) in [4.78, 5) is 16.7. The molecule has 0 aliphatic carbocycles. The molecule has 1 aromatic heterocycles. The van der Waals surface area contributed by atoms with E-state index < -0.39 is 21.5 Å². The van der Waals surface area contributed by atoms with Gasteiger partial charge in [0, 0.05) is 6.54 Å². The van der Waals surface area contributed by atoms with Crippen molar-refractivity contribution in [3.05, 3.63) is 75.5 Å². The van der Waals surface area contributed by atoms with Gasteiger partial charge in [-0.05, 0) is 17.7 Å². The maximum absolute atomic E-state index is 12.4. The van der Waals surface area contributed by atoms with Crippen molar-refractivity contribution in [2.24, 2.45) is 4.99 Å². The van der Waals surface area contributed by atoms with Gasteiger partial charge in [0.25, 0.3) is 5.91 Å². The third-order valence-corrected chi connectivity index (χ3v) is 7.14.